The molecule has 1 aliphatic heterocycles. The molecule has 1 N–H and O–H groups in total. The van der Waals surface area contributed by atoms with Gasteiger partial charge >= 0.3 is 0 Å². The normalized spacial score (nSPS) is 18.1. The van der Waals surface area contributed by atoms with E-state index in [1.54, 1.807) is 17.0 Å². The fourth-order valence-electron chi connectivity index (χ4n) is 3.79. The van der Waals surface area contributed by atoms with Crippen molar-refractivity contribution in [2.45, 2.75) is 26.3 Å². The van der Waals surface area contributed by atoms with Crippen LogP contribution in [0.5, 0.6) is 5.75 Å². The lowest BCUT2D eigenvalue weighted by Crippen LogP contribution is -2.32. The summed E-state index contributed by atoms with van der Waals surface area (Å²) in [5, 5.41) is 11.0. The monoisotopic (exact) mass is 422 g/mol. The molecule has 1 atom stereocenters. The molecular weight excluding hydrogens is 392 g/mol. The standard InChI is InChI=1S/C25H30N2O4/c1-5-31-20-13-11-18(12-14-20)22-21(23(28)19-9-7-17(2)8-10-19)24(29)25(30)27(22)16-6-15-26(3)4/h7-14,22,28H,5-6,15-16H2,1-4H3/b23-21+. The van der Waals surface area contributed by atoms with E-state index in [-0.39, 0.29) is 11.3 Å². The van der Waals surface area contributed by atoms with Crippen LogP contribution in [0.1, 0.15) is 36.1 Å². The van der Waals surface area contributed by atoms with Crippen molar-refractivity contribution >= 4 is 17.4 Å². The highest BCUT2D eigenvalue weighted by Crippen LogP contribution is 2.39. The van der Waals surface area contributed by atoms with Crippen molar-refractivity contribution in [1.82, 2.24) is 9.80 Å². The Balaban J connectivity index is 2.05. The van der Waals surface area contributed by atoms with Crippen molar-refractivity contribution in [3.05, 3.63) is 70.8 Å². The lowest BCUT2D eigenvalue weighted by Gasteiger charge is -2.26. The van der Waals surface area contributed by atoms with Crippen molar-refractivity contribution < 1.29 is 19.4 Å². The third kappa shape index (κ3) is 4.97. The summed E-state index contributed by atoms with van der Waals surface area (Å²) in [4.78, 5) is 29.5. The van der Waals surface area contributed by atoms with Crippen molar-refractivity contribution in [3.63, 3.8) is 0 Å². The number of amides is 1. The van der Waals surface area contributed by atoms with Gasteiger partial charge in [0.1, 0.15) is 11.5 Å². The lowest BCUT2D eigenvalue weighted by molar-refractivity contribution is -0.139. The molecule has 1 fully saturated rings. The fourth-order valence-corrected chi connectivity index (χ4v) is 3.79. The smallest absolute Gasteiger partial charge is 0.295 e. The summed E-state index contributed by atoms with van der Waals surface area (Å²) in [5.41, 5.74) is 2.46. The second kappa shape index (κ2) is 9.79. The number of aliphatic hydroxyl groups excluding tert-OH is 1. The maximum atomic E-state index is 13.0. The van der Waals surface area contributed by atoms with Crippen LogP contribution in [-0.2, 0) is 9.59 Å². The third-order valence-electron chi connectivity index (χ3n) is 5.38. The number of nitrogens with zero attached hydrogens (tertiary/aromatic N) is 2. The number of rotatable bonds is 8. The van der Waals surface area contributed by atoms with Crippen LogP contribution in [0.2, 0.25) is 0 Å². The van der Waals surface area contributed by atoms with Crippen LogP contribution >= 0.6 is 0 Å². The maximum absolute atomic E-state index is 13.0. The molecular formula is C25H30N2O4. The number of ketones is 1. The first-order valence-electron chi connectivity index (χ1n) is 10.6. The lowest BCUT2D eigenvalue weighted by atomic mass is 9.95. The van der Waals surface area contributed by atoms with E-state index >= 15 is 0 Å². The van der Waals surface area contributed by atoms with E-state index in [0.717, 1.165) is 24.1 Å². The Kier molecular flexibility index (Phi) is 7.13. The second-order valence-corrected chi connectivity index (χ2v) is 8.02. The molecule has 6 nitrogen and oxygen atoms in total. The van der Waals surface area contributed by atoms with Crippen LogP contribution in [-0.4, -0.2) is 60.4 Å². The van der Waals surface area contributed by atoms with Gasteiger partial charge in [0, 0.05) is 12.1 Å². The van der Waals surface area contributed by atoms with Crippen LogP contribution in [0.25, 0.3) is 5.76 Å². The number of Topliss-reactive ketones (excluding diaryl/α,β-unsaturated/α-hetero) is 1. The summed E-state index contributed by atoms with van der Waals surface area (Å²) in [6, 6.07) is 14.0. The van der Waals surface area contributed by atoms with Gasteiger partial charge < -0.3 is 19.6 Å². The molecule has 2 aromatic rings. The topological polar surface area (TPSA) is 70.1 Å². The second-order valence-electron chi connectivity index (χ2n) is 8.02. The Morgan fingerprint density at radius 1 is 1.06 bits per heavy atom. The molecule has 0 radical (unpaired) electrons. The van der Waals surface area contributed by atoms with Gasteiger partial charge in [-0.25, -0.2) is 0 Å². The number of aryl methyl sites for hydroxylation is 1. The van der Waals surface area contributed by atoms with Gasteiger partial charge in [-0.1, -0.05) is 42.0 Å². The molecule has 2 aromatic carbocycles. The molecule has 0 spiro atoms. The number of hydrogen-bond donors (Lipinski definition) is 1. The number of benzene rings is 2. The first kappa shape index (κ1) is 22.6. The predicted molar refractivity (Wildman–Crippen MR) is 121 cm³/mol. The quantitative estimate of drug-likeness (QED) is 0.398. The van der Waals surface area contributed by atoms with E-state index in [1.807, 2.05) is 69.2 Å². The van der Waals surface area contributed by atoms with E-state index in [0.29, 0.717) is 24.5 Å². The molecule has 1 amide bonds. The van der Waals surface area contributed by atoms with Crippen LogP contribution in [0.4, 0.5) is 0 Å². The Bertz CT molecular complexity index is 962. The van der Waals surface area contributed by atoms with Gasteiger partial charge in [0.15, 0.2) is 0 Å². The van der Waals surface area contributed by atoms with Crippen molar-refractivity contribution in [2.24, 2.45) is 0 Å². The van der Waals surface area contributed by atoms with Gasteiger partial charge in [-0.3, -0.25) is 9.59 Å². The molecule has 0 aromatic heterocycles. The highest BCUT2D eigenvalue weighted by atomic mass is 16.5. The number of carbonyl (C=O) groups is 2. The van der Waals surface area contributed by atoms with Crippen LogP contribution in [0, 0.1) is 6.92 Å². The minimum Gasteiger partial charge on any atom is -0.507 e. The summed E-state index contributed by atoms with van der Waals surface area (Å²) in [6.07, 6.45) is 0.720. The minimum absolute atomic E-state index is 0.128. The van der Waals surface area contributed by atoms with Gasteiger partial charge in [-0.2, -0.15) is 0 Å². The zero-order valence-corrected chi connectivity index (χ0v) is 18.6. The molecule has 1 saturated heterocycles. The van der Waals surface area contributed by atoms with E-state index < -0.39 is 17.7 Å². The number of carbonyl (C=O) groups excluding carboxylic acids is 2. The SMILES string of the molecule is CCOc1ccc(C2/C(=C(\O)c3ccc(C)cc3)C(=O)C(=O)N2CCCN(C)C)cc1. The number of likely N-dealkylation sites (tertiary alicyclic amines) is 1. The summed E-state index contributed by atoms with van der Waals surface area (Å²) < 4.78 is 5.52. The Hall–Kier alpha value is -3.12. The molecule has 6 heteroatoms. The van der Waals surface area contributed by atoms with E-state index in [4.69, 9.17) is 4.74 Å². The molecule has 1 aliphatic rings. The van der Waals surface area contributed by atoms with Crippen molar-refractivity contribution in [1.29, 1.82) is 0 Å². The zero-order chi connectivity index (χ0) is 22.5. The van der Waals surface area contributed by atoms with Crippen molar-refractivity contribution in [3.8, 4) is 5.75 Å². The van der Waals surface area contributed by atoms with E-state index in [2.05, 4.69) is 0 Å². The Morgan fingerprint density at radius 2 is 1.71 bits per heavy atom. The summed E-state index contributed by atoms with van der Waals surface area (Å²) in [7, 11) is 3.94. The Labute approximate surface area is 183 Å². The predicted octanol–water partition coefficient (Wildman–Crippen LogP) is 3.77. The molecule has 164 valence electrons. The Morgan fingerprint density at radius 3 is 2.29 bits per heavy atom. The number of hydrogen-bond acceptors (Lipinski definition) is 5. The first-order chi connectivity index (χ1) is 14.8. The molecule has 1 unspecified atom stereocenters. The van der Waals surface area contributed by atoms with Crippen LogP contribution < -0.4 is 4.74 Å². The summed E-state index contributed by atoms with van der Waals surface area (Å²) in [6.45, 7) is 5.63. The zero-order valence-electron chi connectivity index (χ0n) is 18.6. The first-order valence-corrected chi connectivity index (χ1v) is 10.6. The average Bonchev–Trinajstić information content (AvgIpc) is 2.99. The molecule has 0 aliphatic carbocycles. The summed E-state index contributed by atoms with van der Waals surface area (Å²) >= 11 is 0. The number of aliphatic hydroxyl groups is 1. The highest BCUT2D eigenvalue weighted by Gasteiger charge is 2.45. The molecule has 3 rings (SSSR count). The van der Waals surface area contributed by atoms with E-state index in [1.165, 1.54) is 0 Å². The minimum atomic E-state index is -0.651. The van der Waals surface area contributed by atoms with Crippen molar-refractivity contribution in [2.75, 3.05) is 33.8 Å². The average molecular weight is 423 g/mol. The highest BCUT2D eigenvalue weighted by molar-refractivity contribution is 6.46. The van der Waals surface area contributed by atoms with Gasteiger partial charge in [0.25, 0.3) is 11.7 Å². The summed E-state index contributed by atoms with van der Waals surface area (Å²) in [5.74, 6) is -0.658. The molecule has 1 heterocycles. The van der Waals surface area contributed by atoms with Crippen LogP contribution in [0.3, 0.4) is 0 Å². The number of ether oxygens (including phenoxy) is 1. The van der Waals surface area contributed by atoms with Gasteiger partial charge in [-0.05, 0) is 58.6 Å². The van der Waals surface area contributed by atoms with Crippen LogP contribution in [0.15, 0.2) is 54.1 Å². The fraction of sp³-hybridized carbons (Fsp3) is 0.360. The maximum Gasteiger partial charge on any atom is 0.295 e. The molecule has 31 heavy (non-hydrogen) atoms. The van der Waals surface area contributed by atoms with Gasteiger partial charge in [-0.15, -0.1) is 0 Å². The van der Waals surface area contributed by atoms with E-state index in [9.17, 15) is 14.7 Å². The molecule has 0 saturated carbocycles. The largest absolute Gasteiger partial charge is 0.507 e. The van der Waals surface area contributed by atoms with Gasteiger partial charge in [0.2, 0.25) is 0 Å². The third-order valence-corrected chi connectivity index (χ3v) is 5.38. The van der Waals surface area contributed by atoms with Gasteiger partial charge in [0.05, 0.1) is 18.2 Å². The molecule has 0 bridgehead atoms.